The molecule has 186 valence electrons. The highest BCUT2D eigenvalue weighted by molar-refractivity contribution is 5.83. The van der Waals surface area contributed by atoms with Gasteiger partial charge in [-0.1, -0.05) is 0 Å². The summed E-state index contributed by atoms with van der Waals surface area (Å²) in [4.78, 5) is 25.7. The summed E-state index contributed by atoms with van der Waals surface area (Å²) in [6, 6.07) is 11.9. The normalized spacial score (nSPS) is 14.0. The van der Waals surface area contributed by atoms with Crippen LogP contribution in [0.15, 0.2) is 55.0 Å². The Morgan fingerprint density at radius 1 is 1.03 bits per heavy atom. The Morgan fingerprint density at radius 2 is 1.83 bits per heavy atom. The van der Waals surface area contributed by atoms with Crippen LogP contribution in [0.3, 0.4) is 0 Å². The zero-order valence-electron chi connectivity index (χ0n) is 20.6. The van der Waals surface area contributed by atoms with E-state index in [-0.39, 0.29) is 5.91 Å². The molecule has 2 aromatic heterocycles. The van der Waals surface area contributed by atoms with Crippen LogP contribution in [0, 0.1) is 0 Å². The predicted octanol–water partition coefficient (Wildman–Crippen LogP) is 2.62. The molecule has 0 aliphatic carbocycles. The SMILES string of the molecule is COc1cc(OC)cc(N(CCN2CCNC(=O)C2)c2ccc3ncc(-c4cnn(C)c4)nc3c2)c1. The van der Waals surface area contributed by atoms with E-state index >= 15 is 0 Å². The molecule has 1 aliphatic heterocycles. The van der Waals surface area contributed by atoms with E-state index in [4.69, 9.17) is 14.5 Å². The topological polar surface area (TPSA) is 97.6 Å². The summed E-state index contributed by atoms with van der Waals surface area (Å²) < 4.78 is 12.8. The van der Waals surface area contributed by atoms with Crippen LogP contribution in [-0.2, 0) is 11.8 Å². The molecule has 10 nitrogen and oxygen atoms in total. The van der Waals surface area contributed by atoms with Gasteiger partial charge in [-0.2, -0.15) is 5.10 Å². The molecule has 1 fully saturated rings. The fourth-order valence-electron chi connectivity index (χ4n) is 4.34. The second-order valence-corrected chi connectivity index (χ2v) is 8.68. The Labute approximate surface area is 209 Å². The monoisotopic (exact) mass is 487 g/mol. The van der Waals surface area contributed by atoms with Gasteiger partial charge in [0.15, 0.2) is 0 Å². The summed E-state index contributed by atoms with van der Waals surface area (Å²) in [5.74, 6) is 1.46. The highest BCUT2D eigenvalue weighted by Crippen LogP contribution is 2.34. The molecule has 1 N–H and O–H groups in total. The fraction of sp³-hybridized carbons (Fsp3) is 0.308. The summed E-state index contributed by atoms with van der Waals surface area (Å²) in [6.45, 7) is 3.25. The van der Waals surface area contributed by atoms with Crippen LogP contribution in [-0.4, -0.2) is 77.5 Å². The minimum atomic E-state index is 0.0553. The van der Waals surface area contributed by atoms with Crippen molar-refractivity contribution in [1.82, 2.24) is 30.0 Å². The van der Waals surface area contributed by atoms with Gasteiger partial charge in [0.05, 0.1) is 49.9 Å². The van der Waals surface area contributed by atoms with Crippen molar-refractivity contribution in [2.45, 2.75) is 0 Å². The first-order valence-electron chi connectivity index (χ1n) is 11.8. The first-order valence-corrected chi connectivity index (χ1v) is 11.8. The smallest absolute Gasteiger partial charge is 0.234 e. The van der Waals surface area contributed by atoms with E-state index in [1.165, 1.54) is 0 Å². The van der Waals surface area contributed by atoms with Gasteiger partial charge in [0.2, 0.25) is 5.91 Å². The second kappa shape index (κ2) is 10.2. The molecule has 0 spiro atoms. The van der Waals surface area contributed by atoms with E-state index in [1.54, 1.807) is 31.3 Å². The summed E-state index contributed by atoms with van der Waals surface area (Å²) >= 11 is 0. The minimum absolute atomic E-state index is 0.0553. The number of methoxy groups -OCH3 is 2. The van der Waals surface area contributed by atoms with Crippen molar-refractivity contribution in [3.05, 3.63) is 55.0 Å². The van der Waals surface area contributed by atoms with Gasteiger partial charge in [-0.3, -0.25) is 19.4 Å². The molecule has 10 heteroatoms. The second-order valence-electron chi connectivity index (χ2n) is 8.68. The molecule has 0 bridgehead atoms. The van der Waals surface area contributed by atoms with E-state index in [0.29, 0.717) is 37.7 Å². The van der Waals surface area contributed by atoms with Crippen molar-refractivity contribution in [2.24, 2.45) is 7.05 Å². The van der Waals surface area contributed by atoms with Crippen molar-refractivity contribution in [1.29, 1.82) is 0 Å². The Hall–Kier alpha value is -4.18. The molecule has 3 heterocycles. The molecular formula is C26H29N7O3. The van der Waals surface area contributed by atoms with Crippen molar-refractivity contribution in [2.75, 3.05) is 51.8 Å². The number of aromatic nitrogens is 4. The molecule has 0 unspecified atom stereocenters. The number of carbonyl (C=O) groups is 1. The van der Waals surface area contributed by atoms with E-state index in [1.807, 2.05) is 49.6 Å². The first kappa shape index (κ1) is 23.6. The number of nitrogens with zero attached hydrogens (tertiary/aromatic N) is 6. The Bertz CT molecular complexity index is 1360. The number of carbonyl (C=O) groups excluding carboxylic acids is 1. The molecule has 1 aliphatic rings. The van der Waals surface area contributed by atoms with Crippen LogP contribution in [0.2, 0.25) is 0 Å². The van der Waals surface area contributed by atoms with E-state index in [0.717, 1.165) is 40.2 Å². The predicted molar refractivity (Wildman–Crippen MR) is 138 cm³/mol. The van der Waals surface area contributed by atoms with Crippen molar-refractivity contribution < 1.29 is 14.3 Å². The third-order valence-electron chi connectivity index (χ3n) is 6.24. The standard InChI is InChI=1S/C26H29N7O3/c1-31-16-18(14-29-31)25-15-28-23-5-4-19(12-24(23)30-25)33(9-8-32-7-6-27-26(34)17-32)20-10-21(35-2)13-22(11-20)36-3/h4-5,10-16H,6-9,17H2,1-3H3,(H,27,34). The average Bonchev–Trinajstić information content (AvgIpc) is 3.34. The van der Waals surface area contributed by atoms with Crippen LogP contribution in [0.4, 0.5) is 11.4 Å². The lowest BCUT2D eigenvalue weighted by Gasteiger charge is -2.31. The van der Waals surface area contributed by atoms with Crippen molar-refractivity contribution in [3.8, 4) is 22.8 Å². The van der Waals surface area contributed by atoms with Gasteiger partial charge in [0, 0.05) is 74.6 Å². The number of hydrogen-bond acceptors (Lipinski definition) is 8. The maximum absolute atomic E-state index is 11.9. The van der Waals surface area contributed by atoms with Crippen LogP contribution >= 0.6 is 0 Å². The van der Waals surface area contributed by atoms with Crippen LogP contribution in [0.5, 0.6) is 11.5 Å². The number of amides is 1. The number of piperazine rings is 1. The molecule has 0 saturated carbocycles. The number of hydrogen-bond donors (Lipinski definition) is 1. The lowest BCUT2D eigenvalue weighted by atomic mass is 10.2. The number of benzene rings is 2. The lowest BCUT2D eigenvalue weighted by Crippen LogP contribution is -2.49. The Kier molecular flexibility index (Phi) is 6.68. The largest absolute Gasteiger partial charge is 0.497 e. The summed E-state index contributed by atoms with van der Waals surface area (Å²) in [7, 11) is 5.16. The van der Waals surface area contributed by atoms with Crippen LogP contribution in [0.1, 0.15) is 0 Å². The third-order valence-corrected chi connectivity index (χ3v) is 6.24. The highest BCUT2D eigenvalue weighted by Gasteiger charge is 2.19. The molecule has 4 aromatic rings. The average molecular weight is 488 g/mol. The number of fused-ring (bicyclic) bond motifs is 1. The number of rotatable bonds is 8. The molecule has 0 radical (unpaired) electrons. The fourth-order valence-corrected chi connectivity index (χ4v) is 4.34. The molecule has 36 heavy (non-hydrogen) atoms. The van der Waals surface area contributed by atoms with Gasteiger partial charge in [0.25, 0.3) is 0 Å². The Balaban J connectivity index is 1.53. The number of aryl methyl sites for hydroxylation is 1. The zero-order valence-corrected chi connectivity index (χ0v) is 20.6. The van der Waals surface area contributed by atoms with Crippen LogP contribution < -0.4 is 19.7 Å². The third kappa shape index (κ3) is 5.08. The van der Waals surface area contributed by atoms with Gasteiger partial charge in [-0.15, -0.1) is 0 Å². The van der Waals surface area contributed by atoms with Crippen molar-refractivity contribution >= 4 is 28.3 Å². The van der Waals surface area contributed by atoms with Gasteiger partial charge < -0.3 is 19.7 Å². The molecule has 5 rings (SSSR count). The molecule has 0 atom stereocenters. The van der Waals surface area contributed by atoms with Crippen LogP contribution in [0.25, 0.3) is 22.3 Å². The minimum Gasteiger partial charge on any atom is -0.497 e. The maximum Gasteiger partial charge on any atom is 0.234 e. The zero-order chi connectivity index (χ0) is 25.1. The number of ether oxygens (including phenoxy) is 2. The van der Waals surface area contributed by atoms with E-state index in [9.17, 15) is 4.79 Å². The van der Waals surface area contributed by atoms with E-state index < -0.39 is 0 Å². The molecule has 2 aromatic carbocycles. The van der Waals surface area contributed by atoms with Gasteiger partial charge in [-0.25, -0.2) is 4.98 Å². The maximum atomic E-state index is 11.9. The highest BCUT2D eigenvalue weighted by atomic mass is 16.5. The Morgan fingerprint density at radius 3 is 2.53 bits per heavy atom. The summed E-state index contributed by atoms with van der Waals surface area (Å²) in [5, 5.41) is 7.13. The van der Waals surface area contributed by atoms with E-state index in [2.05, 4.69) is 25.2 Å². The van der Waals surface area contributed by atoms with Gasteiger partial charge in [-0.05, 0) is 18.2 Å². The summed E-state index contributed by atoms with van der Waals surface area (Å²) in [6.07, 6.45) is 5.47. The molecule has 1 saturated heterocycles. The quantitative estimate of drug-likeness (QED) is 0.405. The summed E-state index contributed by atoms with van der Waals surface area (Å²) in [5.41, 5.74) is 5.14. The van der Waals surface area contributed by atoms with Crippen molar-refractivity contribution in [3.63, 3.8) is 0 Å². The number of anilines is 2. The molecule has 1 amide bonds. The lowest BCUT2D eigenvalue weighted by molar-refractivity contribution is -0.124. The number of nitrogens with one attached hydrogen (secondary N) is 1. The van der Waals surface area contributed by atoms with Gasteiger partial charge >= 0.3 is 0 Å². The first-order chi connectivity index (χ1) is 17.5. The van der Waals surface area contributed by atoms with Gasteiger partial charge in [0.1, 0.15) is 11.5 Å². The molecular weight excluding hydrogens is 458 g/mol.